The van der Waals surface area contributed by atoms with Crippen LogP contribution in [0.4, 0.5) is 17.1 Å². The smallest absolute Gasteiger partial charge is 0.143 e. The van der Waals surface area contributed by atoms with Crippen molar-refractivity contribution in [3.05, 3.63) is 271 Å². The highest BCUT2D eigenvalue weighted by molar-refractivity contribution is 6.09. The Morgan fingerprint density at radius 2 is 0.857 bits per heavy atom. The molecule has 0 spiro atoms. The van der Waals surface area contributed by atoms with Crippen molar-refractivity contribution in [2.75, 3.05) is 4.90 Å². The van der Waals surface area contributed by atoms with Crippen LogP contribution in [0.2, 0.25) is 0 Å². The van der Waals surface area contributed by atoms with Crippen molar-refractivity contribution in [2.24, 2.45) is 0 Å². The number of hydrogen-bond acceptors (Lipinski definition) is 2. The van der Waals surface area contributed by atoms with Gasteiger partial charge in [0, 0.05) is 33.4 Å². The molecule has 296 valence electrons. The van der Waals surface area contributed by atoms with Gasteiger partial charge < -0.3 is 9.32 Å². The van der Waals surface area contributed by atoms with E-state index in [1.165, 1.54) is 4.90 Å². The lowest BCUT2D eigenvalue weighted by Gasteiger charge is -2.35. The third-order valence-electron chi connectivity index (χ3n) is 12.3. The topological polar surface area (TPSA) is 16.4 Å². The van der Waals surface area contributed by atoms with Crippen LogP contribution in [0.3, 0.4) is 0 Å². The lowest BCUT2D eigenvalue weighted by atomic mass is 9.67. The summed E-state index contributed by atoms with van der Waals surface area (Å²) in [5, 5.41) is 1.61. The Labute approximate surface area is 378 Å². The highest BCUT2D eigenvalue weighted by Gasteiger charge is 2.46. The number of para-hydroxylation sites is 2. The van der Waals surface area contributed by atoms with Gasteiger partial charge in [-0.2, -0.15) is 0 Å². The normalized spacial score (nSPS) is 14.3. The Morgan fingerprint density at radius 1 is 0.349 bits per heavy atom. The van der Waals surface area contributed by atoms with Gasteiger partial charge in [0.2, 0.25) is 0 Å². The Bertz CT molecular complexity index is 3810. The van der Waals surface area contributed by atoms with E-state index in [4.69, 9.17) is 4.42 Å². The summed E-state index contributed by atoms with van der Waals surface area (Å²) in [5.41, 5.74) is 8.72. The van der Waals surface area contributed by atoms with Crippen LogP contribution in [-0.2, 0) is 5.41 Å². The summed E-state index contributed by atoms with van der Waals surface area (Å²) >= 11 is 0. The number of nitrogens with zero attached hydrogens (tertiary/aromatic N) is 1. The van der Waals surface area contributed by atoms with Crippen molar-refractivity contribution >= 4 is 39.0 Å². The second-order valence-corrected chi connectivity index (χ2v) is 15.8. The van der Waals surface area contributed by atoms with Crippen LogP contribution in [0.25, 0.3) is 66.4 Å². The standard InChI is InChI=1S/C61H41NO/c1-4-15-42(16-5-1)43-27-29-44(30-28-43)45-31-35-49(36-32-45)62(50-37-33-46(34-38-50)52-23-14-24-56-55-22-11-13-26-59(55)63-60(52)56)51-39-40-54-53-21-10-12-25-57(53)61(58(54)41-51,47-17-6-2-7-18-47)48-19-8-3-9-20-48/h1-41H/i31D,32D,33D,34D,35D,36D,37D,38D. The Hall–Kier alpha value is -8.20. The van der Waals surface area contributed by atoms with Gasteiger partial charge in [-0.05, 0) is 104 Å². The monoisotopic (exact) mass is 811 g/mol. The molecule has 0 N–H and O–H groups in total. The molecular formula is C61H41NO. The van der Waals surface area contributed by atoms with Crippen molar-refractivity contribution in [1.82, 2.24) is 0 Å². The minimum absolute atomic E-state index is 0.0267. The minimum Gasteiger partial charge on any atom is -0.455 e. The van der Waals surface area contributed by atoms with Gasteiger partial charge >= 0.3 is 0 Å². The lowest BCUT2D eigenvalue weighted by molar-refractivity contribution is 0.670. The van der Waals surface area contributed by atoms with Gasteiger partial charge in [-0.25, -0.2) is 0 Å². The van der Waals surface area contributed by atoms with E-state index in [0.717, 1.165) is 55.3 Å². The molecule has 2 nitrogen and oxygen atoms in total. The summed E-state index contributed by atoms with van der Waals surface area (Å²) in [6.07, 6.45) is 0. The maximum absolute atomic E-state index is 9.91. The molecule has 1 aliphatic carbocycles. The van der Waals surface area contributed by atoms with Crippen molar-refractivity contribution in [3.63, 3.8) is 0 Å². The van der Waals surface area contributed by atoms with Gasteiger partial charge in [0.15, 0.2) is 0 Å². The Balaban J connectivity index is 1.13. The second-order valence-electron chi connectivity index (χ2n) is 15.8. The first kappa shape index (κ1) is 29.1. The molecule has 0 bridgehead atoms. The van der Waals surface area contributed by atoms with Crippen LogP contribution < -0.4 is 4.90 Å². The predicted octanol–water partition coefficient (Wildman–Crippen LogP) is 16.4. The summed E-state index contributed by atoms with van der Waals surface area (Å²) < 4.78 is 84.5. The van der Waals surface area contributed by atoms with Gasteiger partial charge in [0.1, 0.15) is 11.2 Å². The van der Waals surface area contributed by atoms with E-state index in [2.05, 4.69) is 36.4 Å². The van der Waals surface area contributed by atoms with Crippen molar-refractivity contribution < 1.29 is 15.4 Å². The summed E-state index contributed by atoms with van der Waals surface area (Å²) in [7, 11) is 0. The van der Waals surface area contributed by atoms with E-state index < -0.39 is 29.6 Å². The average Bonchev–Trinajstić information content (AvgIpc) is 3.95. The molecule has 0 amide bonds. The molecule has 1 heterocycles. The molecule has 0 saturated carbocycles. The molecule has 0 saturated heterocycles. The van der Waals surface area contributed by atoms with Gasteiger partial charge in [-0.3, -0.25) is 0 Å². The quantitative estimate of drug-likeness (QED) is 0.152. The molecule has 0 unspecified atom stereocenters. The molecule has 11 aromatic rings. The van der Waals surface area contributed by atoms with E-state index in [0.29, 0.717) is 28.0 Å². The number of hydrogen-bond donors (Lipinski definition) is 0. The summed E-state index contributed by atoms with van der Waals surface area (Å²) in [4.78, 5) is 1.40. The van der Waals surface area contributed by atoms with Crippen molar-refractivity contribution in [2.45, 2.75) is 5.41 Å². The molecule has 0 fully saturated rings. The largest absolute Gasteiger partial charge is 0.455 e. The van der Waals surface area contributed by atoms with Crippen LogP contribution >= 0.6 is 0 Å². The molecule has 10 aromatic carbocycles. The number of fused-ring (bicyclic) bond motifs is 6. The second kappa shape index (κ2) is 15.1. The molecule has 63 heavy (non-hydrogen) atoms. The molecule has 0 aliphatic heterocycles. The van der Waals surface area contributed by atoms with Crippen LogP contribution in [0.15, 0.2) is 253 Å². The van der Waals surface area contributed by atoms with Crippen LogP contribution in [0.1, 0.15) is 33.2 Å². The number of anilines is 3. The predicted molar refractivity (Wildman–Crippen MR) is 262 cm³/mol. The van der Waals surface area contributed by atoms with Crippen LogP contribution in [-0.4, -0.2) is 0 Å². The van der Waals surface area contributed by atoms with Gasteiger partial charge in [-0.1, -0.05) is 206 Å². The SMILES string of the molecule is [2H]c1c([2H])c(N(c2ccc3c(c2)C(c2ccccc2)(c2ccccc2)c2ccccc2-3)c2c([2H])c([2H])c(-c3cccc4c3oc3ccccc34)c([2H])c2[2H])c([2H])c([2H])c1-c1ccc(-c2ccccc2)cc1. The van der Waals surface area contributed by atoms with E-state index in [1.54, 1.807) is 30.3 Å². The van der Waals surface area contributed by atoms with E-state index >= 15 is 0 Å². The molecular weight excluding hydrogens is 763 g/mol. The third kappa shape index (κ3) is 6.02. The van der Waals surface area contributed by atoms with Gasteiger partial charge in [0.05, 0.1) is 16.4 Å². The fourth-order valence-corrected chi connectivity index (χ4v) is 9.46. The van der Waals surface area contributed by atoms with E-state index in [1.807, 2.05) is 133 Å². The first-order valence-corrected chi connectivity index (χ1v) is 21.0. The highest BCUT2D eigenvalue weighted by atomic mass is 16.3. The molecule has 1 aromatic heterocycles. The Morgan fingerprint density at radius 3 is 1.54 bits per heavy atom. The zero-order valence-corrected chi connectivity index (χ0v) is 33.9. The third-order valence-corrected chi connectivity index (χ3v) is 12.3. The fourth-order valence-electron chi connectivity index (χ4n) is 9.46. The van der Waals surface area contributed by atoms with Crippen LogP contribution in [0.5, 0.6) is 0 Å². The van der Waals surface area contributed by atoms with Gasteiger partial charge in [0.25, 0.3) is 0 Å². The number of furan rings is 1. The fraction of sp³-hybridized carbons (Fsp3) is 0.0164. The minimum atomic E-state index is -0.884. The first-order valence-electron chi connectivity index (χ1n) is 25.0. The summed E-state index contributed by atoms with van der Waals surface area (Å²) in [6.45, 7) is 0. The molecule has 2 heteroatoms. The van der Waals surface area contributed by atoms with E-state index in [-0.39, 0.29) is 46.7 Å². The van der Waals surface area contributed by atoms with Crippen molar-refractivity contribution in [1.29, 1.82) is 0 Å². The lowest BCUT2D eigenvalue weighted by Crippen LogP contribution is -2.28. The van der Waals surface area contributed by atoms with E-state index in [9.17, 15) is 11.0 Å². The number of rotatable bonds is 8. The van der Waals surface area contributed by atoms with Gasteiger partial charge in [-0.15, -0.1) is 0 Å². The zero-order chi connectivity index (χ0) is 48.7. The van der Waals surface area contributed by atoms with Crippen LogP contribution in [0, 0.1) is 0 Å². The first-order chi connectivity index (χ1) is 34.6. The summed E-state index contributed by atoms with van der Waals surface area (Å²) in [6, 6.07) is 61.5. The maximum Gasteiger partial charge on any atom is 0.143 e. The van der Waals surface area contributed by atoms with Crippen molar-refractivity contribution in [3.8, 4) is 44.5 Å². The Kier molecular flexibility index (Phi) is 6.96. The highest BCUT2D eigenvalue weighted by Crippen LogP contribution is 2.57. The molecule has 12 rings (SSSR count). The zero-order valence-electron chi connectivity index (χ0n) is 41.9. The maximum atomic E-state index is 9.91. The molecule has 0 radical (unpaired) electrons. The molecule has 1 aliphatic rings. The number of benzene rings is 10. The average molecular weight is 812 g/mol. The molecule has 0 atom stereocenters. The summed E-state index contributed by atoms with van der Waals surface area (Å²) in [5.74, 6) is 0.